The second kappa shape index (κ2) is 9.47. The lowest BCUT2D eigenvalue weighted by Gasteiger charge is -2.37. The fraction of sp³-hybridized carbons (Fsp3) is 0.458. The van der Waals surface area contributed by atoms with Crippen LogP contribution in [0, 0.1) is 5.92 Å². The van der Waals surface area contributed by atoms with Crippen LogP contribution in [0.4, 0.5) is 10.3 Å². The maximum absolute atomic E-state index is 12.9. The van der Waals surface area contributed by atoms with Crippen LogP contribution in [0.2, 0.25) is 0 Å². The van der Waals surface area contributed by atoms with Gasteiger partial charge in [0.25, 0.3) is 0 Å². The molecule has 4 aromatic rings. The molecular weight excluding hydrogens is 451 g/mol. The van der Waals surface area contributed by atoms with Crippen molar-refractivity contribution < 1.29 is 13.9 Å². The molecule has 11 heteroatoms. The molecule has 1 amide bonds. The zero-order chi connectivity index (χ0) is 24.5. The molecular formula is C24H29FN8O2. The molecule has 3 aromatic heterocycles. The number of alkyl halides is 1. The first-order valence-corrected chi connectivity index (χ1v) is 11.9. The summed E-state index contributed by atoms with van der Waals surface area (Å²) in [6.07, 6.45) is 3.22. The van der Waals surface area contributed by atoms with Crippen LogP contribution in [-0.4, -0.2) is 73.3 Å². The fourth-order valence-corrected chi connectivity index (χ4v) is 4.78. The molecule has 2 atom stereocenters. The Labute approximate surface area is 202 Å². The molecule has 184 valence electrons. The number of aryl methyl sites for hydroxylation is 1. The predicted molar refractivity (Wildman–Crippen MR) is 130 cm³/mol. The van der Waals surface area contributed by atoms with Gasteiger partial charge in [-0.2, -0.15) is 4.98 Å². The average molecular weight is 481 g/mol. The topological polar surface area (TPSA) is 102 Å². The molecule has 1 aliphatic heterocycles. The molecule has 1 N–H and O–H groups in total. The Morgan fingerprint density at radius 2 is 2.17 bits per heavy atom. The van der Waals surface area contributed by atoms with Crippen LogP contribution in [0.5, 0.6) is 5.88 Å². The normalized spacial score (nSPS) is 18.3. The minimum atomic E-state index is -0.512. The molecule has 0 saturated carbocycles. The third-order valence-corrected chi connectivity index (χ3v) is 6.67. The van der Waals surface area contributed by atoms with E-state index in [1.165, 1.54) is 0 Å². The summed E-state index contributed by atoms with van der Waals surface area (Å²) < 4.78 is 21.9. The SMILES string of the molecule is CCC(=O)N1CC[C@H](Nc2nc(OC)c3c(-c4ccc5nnn(CCF)c5c4)ccn3n2)[C@H](C)C1. The number of piperidine rings is 1. The molecule has 35 heavy (non-hydrogen) atoms. The van der Waals surface area contributed by atoms with Gasteiger partial charge in [-0.25, -0.2) is 13.6 Å². The number of amides is 1. The minimum absolute atomic E-state index is 0.152. The number of anilines is 1. The number of aromatic nitrogens is 6. The van der Waals surface area contributed by atoms with Crippen molar-refractivity contribution >= 4 is 28.4 Å². The number of halogens is 1. The monoisotopic (exact) mass is 480 g/mol. The second-order valence-corrected chi connectivity index (χ2v) is 8.88. The van der Waals surface area contributed by atoms with Crippen molar-refractivity contribution in [3.05, 3.63) is 30.5 Å². The summed E-state index contributed by atoms with van der Waals surface area (Å²) in [5.41, 5.74) is 4.01. The highest BCUT2D eigenvalue weighted by Gasteiger charge is 2.29. The summed E-state index contributed by atoms with van der Waals surface area (Å²) in [4.78, 5) is 18.6. The average Bonchev–Trinajstić information content (AvgIpc) is 3.48. The molecule has 4 heterocycles. The molecule has 0 unspecified atom stereocenters. The van der Waals surface area contributed by atoms with Gasteiger partial charge in [0.2, 0.25) is 17.7 Å². The summed E-state index contributed by atoms with van der Waals surface area (Å²) in [7, 11) is 1.59. The maximum Gasteiger partial charge on any atom is 0.244 e. The van der Waals surface area contributed by atoms with E-state index in [0.717, 1.165) is 35.1 Å². The van der Waals surface area contributed by atoms with Crippen molar-refractivity contribution in [1.29, 1.82) is 0 Å². The summed E-state index contributed by atoms with van der Waals surface area (Å²) in [6, 6.07) is 7.87. The standard InChI is InChI=1S/C24H29FN8O2/c1-4-21(34)31-10-8-18(15(2)14-31)26-24-27-23(35-3)22-17(7-11-33(22)29-24)16-5-6-19-20(13-16)32(12-9-25)30-28-19/h5-7,11,13,15,18H,4,8-10,12,14H2,1-3H3,(H,26,29)/t15-,18+/m1/s1. The van der Waals surface area contributed by atoms with Gasteiger partial charge in [0.05, 0.1) is 19.2 Å². The van der Waals surface area contributed by atoms with Crippen molar-refractivity contribution in [1.82, 2.24) is 34.5 Å². The first-order chi connectivity index (χ1) is 17.0. The lowest BCUT2D eigenvalue weighted by molar-refractivity contribution is -0.132. The number of likely N-dealkylation sites (tertiary alicyclic amines) is 1. The zero-order valence-corrected chi connectivity index (χ0v) is 20.1. The van der Waals surface area contributed by atoms with Gasteiger partial charge < -0.3 is 15.0 Å². The number of benzene rings is 1. The Bertz CT molecular complexity index is 1370. The van der Waals surface area contributed by atoms with Crippen molar-refractivity contribution in [2.45, 2.75) is 39.3 Å². The zero-order valence-electron chi connectivity index (χ0n) is 20.1. The Kier molecular flexibility index (Phi) is 6.23. The third-order valence-electron chi connectivity index (χ3n) is 6.67. The highest BCUT2D eigenvalue weighted by Crippen LogP contribution is 2.33. The molecule has 1 fully saturated rings. The van der Waals surface area contributed by atoms with Crippen LogP contribution in [0.3, 0.4) is 0 Å². The van der Waals surface area contributed by atoms with E-state index in [0.29, 0.717) is 30.3 Å². The van der Waals surface area contributed by atoms with E-state index >= 15 is 0 Å². The van der Waals surface area contributed by atoms with E-state index < -0.39 is 6.67 Å². The van der Waals surface area contributed by atoms with E-state index in [2.05, 4.69) is 32.6 Å². The van der Waals surface area contributed by atoms with E-state index in [4.69, 9.17) is 4.74 Å². The van der Waals surface area contributed by atoms with E-state index in [9.17, 15) is 9.18 Å². The van der Waals surface area contributed by atoms with Gasteiger partial charge in [0, 0.05) is 37.3 Å². The van der Waals surface area contributed by atoms with Gasteiger partial charge in [0.15, 0.2) is 0 Å². The maximum atomic E-state index is 12.9. The first kappa shape index (κ1) is 23.0. The number of ether oxygens (including phenoxy) is 1. The molecule has 1 aliphatic rings. The van der Waals surface area contributed by atoms with Crippen LogP contribution in [0.15, 0.2) is 30.5 Å². The molecule has 5 rings (SSSR count). The van der Waals surface area contributed by atoms with Crippen molar-refractivity contribution in [2.75, 3.05) is 32.2 Å². The van der Waals surface area contributed by atoms with Crippen LogP contribution in [0.1, 0.15) is 26.7 Å². The number of carbonyl (C=O) groups excluding carboxylic acids is 1. The Hall–Kier alpha value is -3.76. The van der Waals surface area contributed by atoms with Gasteiger partial charge in [-0.05, 0) is 36.1 Å². The Morgan fingerprint density at radius 3 is 2.91 bits per heavy atom. The van der Waals surface area contributed by atoms with E-state index in [1.807, 2.05) is 42.3 Å². The summed E-state index contributed by atoms with van der Waals surface area (Å²) in [5.74, 6) is 1.38. The largest absolute Gasteiger partial charge is 0.479 e. The lowest BCUT2D eigenvalue weighted by atomic mass is 9.94. The highest BCUT2D eigenvalue weighted by atomic mass is 19.1. The smallest absolute Gasteiger partial charge is 0.244 e. The number of hydrogen-bond acceptors (Lipinski definition) is 7. The molecule has 0 spiro atoms. The third kappa shape index (κ3) is 4.26. The van der Waals surface area contributed by atoms with Crippen molar-refractivity contribution in [3.8, 4) is 17.0 Å². The number of rotatable bonds is 7. The molecule has 10 nitrogen and oxygen atoms in total. The van der Waals surface area contributed by atoms with Crippen LogP contribution in [0.25, 0.3) is 27.7 Å². The first-order valence-electron chi connectivity index (χ1n) is 11.9. The predicted octanol–water partition coefficient (Wildman–Crippen LogP) is 3.18. The molecule has 0 aliphatic carbocycles. The number of carbonyl (C=O) groups is 1. The number of nitrogens with zero attached hydrogens (tertiary/aromatic N) is 7. The van der Waals surface area contributed by atoms with Crippen molar-refractivity contribution in [2.24, 2.45) is 5.92 Å². The Balaban J connectivity index is 1.44. The van der Waals surface area contributed by atoms with Gasteiger partial charge in [-0.3, -0.25) is 4.79 Å². The lowest BCUT2D eigenvalue weighted by Crippen LogP contribution is -2.47. The molecule has 0 bridgehead atoms. The van der Waals surface area contributed by atoms with Gasteiger partial charge >= 0.3 is 0 Å². The summed E-state index contributed by atoms with van der Waals surface area (Å²) in [6.45, 7) is 5.11. The quantitative estimate of drug-likeness (QED) is 0.433. The van der Waals surface area contributed by atoms with E-state index in [-0.39, 0.29) is 24.4 Å². The van der Waals surface area contributed by atoms with Crippen molar-refractivity contribution in [3.63, 3.8) is 0 Å². The van der Waals surface area contributed by atoms with Gasteiger partial charge in [0.1, 0.15) is 17.7 Å². The number of nitrogens with one attached hydrogen (secondary N) is 1. The number of fused-ring (bicyclic) bond motifs is 2. The molecule has 1 aromatic carbocycles. The molecule has 0 radical (unpaired) electrons. The minimum Gasteiger partial charge on any atom is -0.479 e. The fourth-order valence-electron chi connectivity index (χ4n) is 4.78. The number of methoxy groups -OCH3 is 1. The van der Waals surface area contributed by atoms with Crippen LogP contribution < -0.4 is 10.1 Å². The highest BCUT2D eigenvalue weighted by molar-refractivity contribution is 5.89. The summed E-state index contributed by atoms with van der Waals surface area (Å²) in [5, 5.41) is 16.3. The van der Waals surface area contributed by atoms with E-state index in [1.54, 1.807) is 16.3 Å². The Morgan fingerprint density at radius 1 is 1.31 bits per heavy atom. The molecule has 1 saturated heterocycles. The van der Waals surface area contributed by atoms with Gasteiger partial charge in [-0.1, -0.05) is 25.1 Å². The number of hydrogen-bond donors (Lipinski definition) is 1. The second-order valence-electron chi connectivity index (χ2n) is 8.88. The van der Waals surface area contributed by atoms with Crippen LogP contribution in [-0.2, 0) is 11.3 Å². The van der Waals surface area contributed by atoms with Gasteiger partial charge in [-0.15, -0.1) is 10.2 Å². The summed E-state index contributed by atoms with van der Waals surface area (Å²) >= 11 is 0. The van der Waals surface area contributed by atoms with Crippen LogP contribution >= 0.6 is 0 Å².